The molecule has 0 aliphatic heterocycles. The quantitative estimate of drug-likeness (QED) is 0.580. The summed E-state index contributed by atoms with van der Waals surface area (Å²) in [5.41, 5.74) is 0. The molecule has 0 aliphatic carbocycles. The van der Waals surface area contributed by atoms with Crippen LogP contribution >= 0.6 is 0 Å². The van der Waals surface area contributed by atoms with E-state index in [2.05, 4.69) is 0 Å². The Morgan fingerprint density at radius 3 is 0.952 bits per heavy atom. The van der Waals surface area contributed by atoms with Crippen LogP contribution in [-0.2, 0) is 37.3 Å². The van der Waals surface area contributed by atoms with Crippen molar-refractivity contribution in [3.8, 4) is 0 Å². The van der Waals surface area contributed by atoms with Gasteiger partial charge in [0.05, 0.1) is 9.79 Å². The molecule has 113 valence electrons. The fourth-order valence-corrected chi connectivity index (χ4v) is 2.16. The van der Waals surface area contributed by atoms with Crippen molar-refractivity contribution in [1.82, 2.24) is 0 Å². The van der Waals surface area contributed by atoms with E-state index >= 15 is 0 Å². The predicted molar refractivity (Wildman–Crippen MR) is 68.8 cm³/mol. The van der Waals surface area contributed by atoms with E-state index in [-0.39, 0.29) is 26.9 Å². The molecule has 0 fully saturated rings. The molecule has 2 rings (SSSR count). The molecule has 0 aromatic heterocycles. The smallest absolute Gasteiger partial charge is 0.744 e. The third kappa shape index (κ3) is 7.37. The van der Waals surface area contributed by atoms with Gasteiger partial charge in [0.15, 0.2) is 0 Å². The average Bonchev–Trinajstić information content (AvgIpc) is 2.40. The van der Waals surface area contributed by atoms with Crippen molar-refractivity contribution in [3.05, 3.63) is 60.7 Å². The Hall–Kier alpha value is -1.22. The maximum Gasteiger partial charge on any atom is 2.00 e. The summed E-state index contributed by atoms with van der Waals surface area (Å²) in [7, 11) is -8.51. The fraction of sp³-hybridized carbons (Fsp3) is 0. The summed E-state index contributed by atoms with van der Waals surface area (Å²) < 4.78 is 61.7. The predicted octanol–water partition coefficient (Wildman–Crippen LogP) is 1.18. The molecule has 0 N–H and O–H groups in total. The molecule has 0 heterocycles. The molecule has 6 nitrogen and oxygen atoms in total. The van der Waals surface area contributed by atoms with Gasteiger partial charge in [-0.05, 0) is 24.3 Å². The first-order chi connectivity index (χ1) is 9.21. The van der Waals surface area contributed by atoms with Crippen molar-refractivity contribution in [2.24, 2.45) is 0 Å². The van der Waals surface area contributed by atoms with Gasteiger partial charge in [0, 0.05) is 0 Å². The molecule has 0 saturated heterocycles. The van der Waals surface area contributed by atoms with Crippen LogP contribution in [0, 0.1) is 0 Å². The molecule has 0 aliphatic rings. The zero-order valence-corrected chi connectivity index (χ0v) is 13.2. The summed E-state index contributed by atoms with van der Waals surface area (Å²) in [5, 5.41) is 0. The molecule has 21 heavy (non-hydrogen) atoms. The van der Waals surface area contributed by atoms with E-state index in [1.54, 1.807) is 12.1 Å². The van der Waals surface area contributed by atoms with Crippen molar-refractivity contribution in [3.63, 3.8) is 0 Å². The van der Waals surface area contributed by atoms with Crippen LogP contribution in [0.2, 0.25) is 0 Å². The van der Waals surface area contributed by atoms with E-state index in [1.165, 1.54) is 48.5 Å². The van der Waals surface area contributed by atoms with Crippen LogP contribution < -0.4 is 0 Å². The second-order valence-electron chi connectivity index (χ2n) is 3.53. The zero-order valence-electron chi connectivity index (χ0n) is 10.4. The van der Waals surface area contributed by atoms with Gasteiger partial charge in [0.2, 0.25) is 0 Å². The standard InChI is InChI=1S/2C6H6O3S.Mn/c2*7-10(8,9)6-4-2-1-3-5-6;/h2*1-5H,(H,7,8,9);/q;;+2/p-2. The minimum atomic E-state index is -4.25. The largest absolute Gasteiger partial charge is 2.00 e. The molecule has 9 heteroatoms. The van der Waals surface area contributed by atoms with E-state index in [1.807, 2.05) is 0 Å². The van der Waals surface area contributed by atoms with Crippen molar-refractivity contribution in [1.29, 1.82) is 0 Å². The molecule has 0 saturated carbocycles. The average molecular weight is 369 g/mol. The van der Waals surface area contributed by atoms with Gasteiger partial charge in [-0.25, -0.2) is 16.8 Å². The summed E-state index contributed by atoms with van der Waals surface area (Å²) in [4.78, 5) is -0.370. The third-order valence-electron chi connectivity index (χ3n) is 2.06. The molecular weight excluding hydrogens is 359 g/mol. The van der Waals surface area contributed by atoms with Gasteiger partial charge in [0.1, 0.15) is 20.2 Å². The van der Waals surface area contributed by atoms with Crippen LogP contribution in [0.15, 0.2) is 70.5 Å². The van der Waals surface area contributed by atoms with Gasteiger partial charge in [-0.15, -0.1) is 0 Å². The van der Waals surface area contributed by atoms with Crippen molar-refractivity contribution in [2.75, 3.05) is 0 Å². The molecule has 2 aromatic carbocycles. The SMILES string of the molecule is O=S(=O)([O-])c1ccccc1.O=S(=O)([O-])c1ccccc1.[Mn+2]. The maximum atomic E-state index is 10.3. The Morgan fingerprint density at radius 2 is 0.810 bits per heavy atom. The Bertz CT molecular complexity index is 675. The molecule has 0 amide bonds. The van der Waals surface area contributed by atoms with Gasteiger partial charge in [-0.1, -0.05) is 36.4 Å². The maximum absolute atomic E-state index is 10.3. The Kier molecular flexibility index (Phi) is 7.80. The molecule has 2 aromatic rings. The summed E-state index contributed by atoms with van der Waals surface area (Å²) in [6, 6.07) is 14.4. The van der Waals surface area contributed by atoms with Crippen LogP contribution in [0.5, 0.6) is 0 Å². The summed E-state index contributed by atoms with van der Waals surface area (Å²) in [6.45, 7) is 0. The van der Waals surface area contributed by atoms with Gasteiger partial charge >= 0.3 is 17.1 Å². The van der Waals surface area contributed by atoms with E-state index in [0.717, 1.165) is 0 Å². The van der Waals surface area contributed by atoms with Gasteiger partial charge in [-0.2, -0.15) is 0 Å². The van der Waals surface area contributed by atoms with Crippen molar-refractivity contribution >= 4 is 20.2 Å². The van der Waals surface area contributed by atoms with E-state index in [0.29, 0.717) is 0 Å². The van der Waals surface area contributed by atoms with Gasteiger partial charge in [-0.3, -0.25) is 0 Å². The first-order valence-electron chi connectivity index (χ1n) is 5.23. The minimum Gasteiger partial charge on any atom is -0.744 e. The van der Waals surface area contributed by atoms with Crippen LogP contribution in [0.4, 0.5) is 0 Å². The topological polar surface area (TPSA) is 114 Å². The van der Waals surface area contributed by atoms with Crippen LogP contribution in [0.1, 0.15) is 0 Å². The number of hydrogen-bond acceptors (Lipinski definition) is 6. The van der Waals surface area contributed by atoms with Crippen LogP contribution in [0.3, 0.4) is 0 Å². The molecule has 0 bridgehead atoms. The molecule has 0 unspecified atom stereocenters. The van der Waals surface area contributed by atoms with E-state index < -0.39 is 20.2 Å². The van der Waals surface area contributed by atoms with Crippen molar-refractivity contribution < 1.29 is 43.0 Å². The summed E-state index contributed by atoms with van der Waals surface area (Å²) in [5.74, 6) is 0. The van der Waals surface area contributed by atoms with Crippen LogP contribution in [-0.4, -0.2) is 25.9 Å². The van der Waals surface area contributed by atoms with E-state index in [4.69, 9.17) is 0 Å². The minimum absolute atomic E-state index is 0. The summed E-state index contributed by atoms with van der Waals surface area (Å²) >= 11 is 0. The monoisotopic (exact) mass is 369 g/mol. The normalized spacial score (nSPS) is 10.8. The Balaban J connectivity index is 0.000000364. The number of rotatable bonds is 2. The number of hydrogen-bond donors (Lipinski definition) is 0. The molecule has 0 spiro atoms. The zero-order chi connectivity index (χ0) is 15.2. The molecular formula is C12H10MnO6S2. The second kappa shape index (κ2) is 8.28. The molecule has 1 radical (unpaired) electrons. The third-order valence-corrected chi connectivity index (χ3v) is 3.76. The fourth-order valence-electron chi connectivity index (χ4n) is 1.17. The Labute approximate surface area is 133 Å². The first kappa shape index (κ1) is 19.8. The first-order valence-corrected chi connectivity index (χ1v) is 8.05. The second-order valence-corrected chi connectivity index (χ2v) is 6.29. The molecule has 0 atom stereocenters. The van der Waals surface area contributed by atoms with Crippen molar-refractivity contribution in [2.45, 2.75) is 9.79 Å². The summed E-state index contributed by atoms with van der Waals surface area (Å²) in [6.07, 6.45) is 0. The van der Waals surface area contributed by atoms with E-state index in [9.17, 15) is 25.9 Å². The van der Waals surface area contributed by atoms with Crippen LogP contribution in [0.25, 0.3) is 0 Å². The number of benzene rings is 2. The Morgan fingerprint density at radius 1 is 0.571 bits per heavy atom. The van der Waals surface area contributed by atoms with Gasteiger partial charge in [0.25, 0.3) is 0 Å². The van der Waals surface area contributed by atoms with Gasteiger partial charge < -0.3 is 9.11 Å².